The van der Waals surface area contributed by atoms with Crippen LogP contribution in [0.25, 0.3) is 17.4 Å². The number of aromatic carboxylic acids is 1. The van der Waals surface area contributed by atoms with Crippen LogP contribution in [0.1, 0.15) is 28.6 Å². The van der Waals surface area contributed by atoms with Crippen molar-refractivity contribution in [1.82, 2.24) is 0 Å². The first-order valence-corrected chi connectivity index (χ1v) is 10.5. The van der Waals surface area contributed by atoms with E-state index >= 15 is 0 Å². The van der Waals surface area contributed by atoms with Crippen molar-refractivity contribution < 1.29 is 19.1 Å². The van der Waals surface area contributed by atoms with Crippen molar-refractivity contribution in [1.29, 1.82) is 0 Å². The normalized spacial score (nSPS) is 15.2. The molecular formula is C23H17NO4S2. The number of amides is 1. The number of carbonyl (C=O) groups is 2. The van der Waals surface area contributed by atoms with E-state index in [1.807, 2.05) is 24.3 Å². The highest BCUT2D eigenvalue weighted by Crippen LogP contribution is 2.36. The number of anilines is 1. The van der Waals surface area contributed by atoms with Gasteiger partial charge in [0.15, 0.2) is 4.32 Å². The molecule has 1 N–H and O–H groups in total. The van der Waals surface area contributed by atoms with Gasteiger partial charge < -0.3 is 9.52 Å². The maximum atomic E-state index is 12.9. The number of carboxylic acids is 1. The third kappa shape index (κ3) is 3.94. The summed E-state index contributed by atoms with van der Waals surface area (Å²) in [5, 5.41) is 9.16. The van der Waals surface area contributed by atoms with Gasteiger partial charge in [-0.2, -0.15) is 0 Å². The number of carboxylic acid groups (broad SMARTS) is 1. The quantitative estimate of drug-likeness (QED) is 0.415. The first-order valence-electron chi connectivity index (χ1n) is 9.26. The van der Waals surface area contributed by atoms with E-state index in [0.29, 0.717) is 26.3 Å². The van der Waals surface area contributed by atoms with Gasteiger partial charge in [-0.3, -0.25) is 9.69 Å². The molecule has 0 radical (unpaired) electrons. The molecule has 0 atom stereocenters. The molecule has 2 heterocycles. The molecule has 30 heavy (non-hydrogen) atoms. The summed E-state index contributed by atoms with van der Waals surface area (Å²) in [4.78, 5) is 26.1. The lowest BCUT2D eigenvalue weighted by Crippen LogP contribution is -2.27. The van der Waals surface area contributed by atoms with Crippen LogP contribution in [0.3, 0.4) is 0 Å². The van der Waals surface area contributed by atoms with E-state index in [4.69, 9.17) is 21.7 Å². The Labute approximate surface area is 183 Å². The molecule has 3 aromatic rings. The van der Waals surface area contributed by atoms with E-state index in [2.05, 4.69) is 6.92 Å². The Hall–Kier alpha value is -3.16. The van der Waals surface area contributed by atoms with Gasteiger partial charge in [-0.1, -0.05) is 55.2 Å². The highest BCUT2D eigenvalue weighted by Gasteiger charge is 2.33. The third-order valence-electron chi connectivity index (χ3n) is 4.69. The molecule has 0 saturated carbocycles. The molecule has 2 aromatic carbocycles. The van der Waals surface area contributed by atoms with Gasteiger partial charge in [0.05, 0.1) is 16.2 Å². The minimum Gasteiger partial charge on any atom is -0.478 e. The minimum absolute atomic E-state index is 0.181. The molecule has 0 spiro atoms. The van der Waals surface area contributed by atoms with Crippen molar-refractivity contribution in [3.05, 3.63) is 82.5 Å². The van der Waals surface area contributed by atoms with Gasteiger partial charge in [-0.05, 0) is 48.4 Å². The molecule has 0 aliphatic carbocycles. The summed E-state index contributed by atoms with van der Waals surface area (Å²) in [5.41, 5.74) is 2.76. The Balaban J connectivity index is 1.58. The van der Waals surface area contributed by atoms with Crippen LogP contribution in [0, 0.1) is 0 Å². The van der Waals surface area contributed by atoms with E-state index in [1.54, 1.807) is 36.4 Å². The van der Waals surface area contributed by atoms with Gasteiger partial charge in [0.25, 0.3) is 5.91 Å². The summed E-state index contributed by atoms with van der Waals surface area (Å²) in [6.07, 6.45) is 2.58. The van der Waals surface area contributed by atoms with E-state index < -0.39 is 5.97 Å². The average molecular weight is 436 g/mol. The highest BCUT2D eigenvalue weighted by molar-refractivity contribution is 8.27. The van der Waals surface area contributed by atoms with Crippen molar-refractivity contribution in [3.63, 3.8) is 0 Å². The maximum absolute atomic E-state index is 12.9. The van der Waals surface area contributed by atoms with Gasteiger partial charge in [-0.15, -0.1) is 0 Å². The minimum atomic E-state index is -1.00. The molecular weight excluding hydrogens is 418 g/mol. The molecule has 1 aromatic heterocycles. The fourth-order valence-corrected chi connectivity index (χ4v) is 4.37. The molecule has 1 saturated heterocycles. The fraction of sp³-hybridized carbons (Fsp3) is 0.0870. The predicted molar refractivity (Wildman–Crippen MR) is 123 cm³/mol. The topological polar surface area (TPSA) is 70.8 Å². The molecule has 0 unspecified atom stereocenters. The summed E-state index contributed by atoms with van der Waals surface area (Å²) in [6, 6.07) is 17.8. The summed E-state index contributed by atoms with van der Waals surface area (Å²) in [6.45, 7) is 2.08. The van der Waals surface area contributed by atoms with Gasteiger partial charge in [0, 0.05) is 11.6 Å². The number of furan rings is 1. The zero-order valence-electron chi connectivity index (χ0n) is 16.0. The van der Waals surface area contributed by atoms with Crippen LogP contribution in [-0.2, 0) is 11.2 Å². The van der Waals surface area contributed by atoms with Crippen LogP contribution in [-0.4, -0.2) is 21.3 Å². The lowest BCUT2D eigenvalue weighted by Gasteiger charge is -2.14. The Kier molecular flexibility index (Phi) is 5.57. The largest absolute Gasteiger partial charge is 0.478 e. The zero-order valence-corrected chi connectivity index (χ0v) is 17.6. The number of thioether (sulfide) groups is 1. The summed E-state index contributed by atoms with van der Waals surface area (Å²) >= 11 is 6.64. The van der Waals surface area contributed by atoms with Gasteiger partial charge >= 0.3 is 5.97 Å². The third-order valence-corrected chi connectivity index (χ3v) is 5.99. The van der Waals surface area contributed by atoms with Crippen molar-refractivity contribution in [2.75, 3.05) is 4.90 Å². The van der Waals surface area contributed by atoms with Crippen molar-refractivity contribution in [2.45, 2.75) is 13.3 Å². The van der Waals surface area contributed by atoms with Gasteiger partial charge in [0.2, 0.25) is 0 Å². The smallest absolute Gasteiger partial charge is 0.335 e. The van der Waals surface area contributed by atoms with E-state index in [0.717, 1.165) is 12.1 Å². The highest BCUT2D eigenvalue weighted by atomic mass is 32.2. The molecule has 0 bridgehead atoms. The lowest BCUT2D eigenvalue weighted by molar-refractivity contribution is -0.113. The molecule has 1 aliphatic heterocycles. The number of hydrogen-bond donors (Lipinski definition) is 1. The number of carbonyl (C=O) groups excluding carboxylic acids is 1. The fourth-order valence-electron chi connectivity index (χ4n) is 3.09. The Morgan fingerprint density at radius 3 is 2.63 bits per heavy atom. The summed E-state index contributed by atoms with van der Waals surface area (Å²) < 4.78 is 6.29. The zero-order chi connectivity index (χ0) is 21.3. The molecule has 1 fully saturated rings. The first-order chi connectivity index (χ1) is 14.5. The second kappa shape index (κ2) is 8.30. The first kappa shape index (κ1) is 20.1. The van der Waals surface area contributed by atoms with Crippen LogP contribution in [0.4, 0.5) is 5.69 Å². The van der Waals surface area contributed by atoms with Crippen LogP contribution in [0.15, 0.2) is 70.0 Å². The van der Waals surface area contributed by atoms with Crippen molar-refractivity contribution >= 4 is 51.9 Å². The van der Waals surface area contributed by atoms with Crippen LogP contribution in [0.5, 0.6) is 0 Å². The standard InChI is InChI=1S/C23H17NO4S2/c1-2-14-6-8-17(9-7-14)24-21(25)20(30-23(24)29)13-18-10-11-19(28-18)15-4-3-5-16(12-15)22(26)27/h3-13H,2H2,1H3,(H,26,27)/b20-13-. The number of nitrogens with zero attached hydrogens (tertiary/aromatic N) is 1. The maximum Gasteiger partial charge on any atom is 0.335 e. The Bertz CT molecular complexity index is 1180. The number of rotatable bonds is 5. The number of aryl methyl sites for hydroxylation is 1. The molecule has 4 rings (SSSR count). The predicted octanol–water partition coefficient (Wildman–Crippen LogP) is 5.61. The molecule has 1 amide bonds. The van der Waals surface area contributed by atoms with Gasteiger partial charge in [0.1, 0.15) is 11.5 Å². The van der Waals surface area contributed by atoms with E-state index in [-0.39, 0.29) is 11.5 Å². The number of thiocarbonyl (C=S) groups is 1. The van der Waals surface area contributed by atoms with Crippen LogP contribution < -0.4 is 4.90 Å². The molecule has 150 valence electrons. The monoisotopic (exact) mass is 435 g/mol. The molecule has 5 nitrogen and oxygen atoms in total. The average Bonchev–Trinajstić information content (AvgIpc) is 3.33. The van der Waals surface area contributed by atoms with Crippen molar-refractivity contribution in [3.8, 4) is 11.3 Å². The lowest BCUT2D eigenvalue weighted by atomic mass is 10.1. The van der Waals surface area contributed by atoms with Crippen LogP contribution >= 0.6 is 24.0 Å². The number of benzene rings is 2. The second-order valence-electron chi connectivity index (χ2n) is 6.63. The molecule has 7 heteroatoms. The number of hydrogen-bond acceptors (Lipinski definition) is 5. The summed E-state index contributed by atoms with van der Waals surface area (Å²) in [7, 11) is 0. The Morgan fingerprint density at radius 2 is 1.93 bits per heavy atom. The Morgan fingerprint density at radius 1 is 1.17 bits per heavy atom. The second-order valence-corrected chi connectivity index (χ2v) is 8.30. The summed E-state index contributed by atoms with van der Waals surface area (Å²) in [5.74, 6) is -0.179. The van der Waals surface area contributed by atoms with Crippen molar-refractivity contribution in [2.24, 2.45) is 0 Å². The van der Waals surface area contributed by atoms with E-state index in [9.17, 15) is 9.59 Å². The molecule has 1 aliphatic rings. The SMILES string of the molecule is CCc1ccc(N2C(=O)/C(=C/c3ccc(-c4cccc(C(=O)O)c4)o3)SC2=S)cc1. The van der Waals surface area contributed by atoms with Gasteiger partial charge in [-0.25, -0.2) is 4.79 Å². The van der Waals surface area contributed by atoms with Crippen LogP contribution in [0.2, 0.25) is 0 Å². The van der Waals surface area contributed by atoms with E-state index in [1.165, 1.54) is 28.3 Å².